The smallest absolute Gasteiger partial charge is 0.272 e. The number of benzene rings is 2. The highest BCUT2D eigenvalue weighted by Crippen LogP contribution is 2.27. The molecule has 0 fully saturated rings. The molecule has 9 nitrogen and oxygen atoms in total. The van der Waals surface area contributed by atoms with E-state index in [2.05, 4.69) is 26.4 Å². The Morgan fingerprint density at radius 1 is 1.29 bits per heavy atom. The number of halogens is 1. The number of H-pyrrole nitrogens is 1. The van der Waals surface area contributed by atoms with Crippen molar-refractivity contribution in [2.24, 2.45) is 16.5 Å². The molecule has 34 heavy (non-hydrogen) atoms. The number of allylic oxidation sites excluding steroid dienone is 1. The van der Waals surface area contributed by atoms with Gasteiger partial charge in [0.2, 0.25) is 0 Å². The molecule has 0 radical (unpaired) electrons. The van der Waals surface area contributed by atoms with E-state index in [-0.39, 0.29) is 17.3 Å². The second-order valence-electron chi connectivity index (χ2n) is 7.42. The number of aromatic amines is 1. The molecule has 2 aromatic carbocycles. The number of aliphatic imine (C=N–C) groups is 1. The van der Waals surface area contributed by atoms with Crippen LogP contribution < -0.4 is 17.0 Å². The lowest BCUT2D eigenvalue weighted by Gasteiger charge is -2.11. The Labute approximate surface area is 200 Å². The van der Waals surface area contributed by atoms with E-state index in [9.17, 15) is 10.1 Å². The predicted octanol–water partition coefficient (Wildman–Crippen LogP) is 2.57. The van der Waals surface area contributed by atoms with Crippen LogP contribution in [0.1, 0.15) is 27.9 Å². The maximum atomic E-state index is 12.2. The van der Waals surface area contributed by atoms with E-state index in [1.165, 1.54) is 6.20 Å². The average Bonchev–Trinajstić information content (AvgIpc) is 3.22. The summed E-state index contributed by atoms with van der Waals surface area (Å²) in [6, 6.07) is 14.8. The predicted molar refractivity (Wildman–Crippen MR) is 132 cm³/mol. The number of hydrogen-bond donors (Lipinski definition) is 3. The van der Waals surface area contributed by atoms with Gasteiger partial charge in [-0.05, 0) is 29.3 Å². The van der Waals surface area contributed by atoms with Crippen LogP contribution in [-0.2, 0) is 13.1 Å². The van der Waals surface area contributed by atoms with Gasteiger partial charge in [0.1, 0.15) is 0 Å². The first kappa shape index (κ1) is 22.9. The Morgan fingerprint density at radius 3 is 2.79 bits per heavy atom. The van der Waals surface area contributed by atoms with Crippen LogP contribution in [0.5, 0.6) is 0 Å². The number of fused-ring (bicyclic) bond motifs is 1. The van der Waals surface area contributed by atoms with Crippen LogP contribution in [0.2, 0.25) is 5.15 Å². The molecule has 0 saturated carbocycles. The highest BCUT2D eigenvalue weighted by molar-refractivity contribution is 6.39. The van der Waals surface area contributed by atoms with Gasteiger partial charge in [0.25, 0.3) is 5.56 Å². The second kappa shape index (κ2) is 9.70. The molecule has 0 spiro atoms. The molecule has 4 rings (SSSR count). The SMILES string of the molecule is CN=C(C(=CN)c1ccc2c(=O)[nH]nc(CN)c2c1)c1cn(Cc2ccccc2C#N)nc1Cl. The van der Waals surface area contributed by atoms with Crippen molar-refractivity contribution < 1.29 is 0 Å². The van der Waals surface area contributed by atoms with Crippen molar-refractivity contribution >= 4 is 33.7 Å². The van der Waals surface area contributed by atoms with E-state index in [1.807, 2.05) is 24.3 Å². The standard InChI is InChI=1S/C24H21ClN8O/c1-29-22(20-13-33(32-23(20)25)12-16-5-3-2-4-15(16)9-26)19(10-27)14-6-7-17-18(8-14)21(11-28)30-31-24(17)34/h2-8,10,13H,11-12,27-28H2,1H3,(H,31,34). The molecule has 0 saturated heterocycles. The first-order chi connectivity index (χ1) is 16.5. The molecule has 170 valence electrons. The maximum Gasteiger partial charge on any atom is 0.272 e. The minimum Gasteiger partial charge on any atom is -0.404 e. The molecule has 0 aliphatic rings. The van der Waals surface area contributed by atoms with Gasteiger partial charge in [0.15, 0.2) is 5.15 Å². The lowest BCUT2D eigenvalue weighted by atomic mass is 9.96. The van der Waals surface area contributed by atoms with Crippen molar-refractivity contribution in [3.05, 3.63) is 98.3 Å². The third-order valence-electron chi connectivity index (χ3n) is 5.46. The molecule has 0 aliphatic carbocycles. The van der Waals surface area contributed by atoms with E-state index >= 15 is 0 Å². The summed E-state index contributed by atoms with van der Waals surface area (Å²) >= 11 is 6.49. The summed E-state index contributed by atoms with van der Waals surface area (Å²) in [6.07, 6.45) is 3.20. The first-order valence-corrected chi connectivity index (χ1v) is 10.7. The molecular weight excluding hydrogens is 452 g/mol. The van der Waals surface area contributed by atoms with Gasteiger partial charge in [0, 0.05) is 36.9 Å². The summed E-state index contributed by atoms with van der Waals surface area (Å²) in [7, 11) is 1.64. The zero-order valence-corrected chi connectivity index (χ0v) is 19.0. The molecule has 4 aromatic rings. The summed E-state index contributed by atoms with van der Waals surface area (Å²) in [5.74, 6) is 0. The van der Waals surface area contributed by atoms with Crippen molar-refractivity contribution in [1.29, 1.82) is 5.26 Å². The van der Waals surface area contributed by atoms with Crippen LogP contribution in [0.25, 0.3) is 16.3 Å². The monoisotopic (exact) mass is 472 g/mol. The Morgan fingerprint density at radius 2 is 2.09 bits per heavy atom. The fraction of sp³-hybridized carbons (Fsp3) is 0.125. The van der Waals surface area contributed by atoms with Gasteiger partial charge in [-0.15, -0.1) is 0 Å². The molecule has 2 heterocycles. The van der Waals surface area contributed by atoms with Gasteiger partial charge in [0.05, 0.1) is 40.5 Å². The van der Waals surface area contributed by atoms with Gasteiger partial charge in [-0.3, -0.25) is 14.5 Å². The Bertz CT molecular complexity index is 1540. The highest BCUT2D eigenvalue weighted by Gasteiger charge is 2.19. The number of nitrogens with zero attached hydrogens (tertiary/aromatic N) is 5. The zero-order chi connectivity index (χ0) is 24.2. The Hall–Kier alpha value is -4.26. The first-order valence-electron chi connectivity index (χ1n) is 10.3. The fourth-order valence-corrected chi connectivity index (χ4v) is 4.06. The van der Waals surface area contributed by atoms with Gasteiger partial charge in [-0.25, -0.2) is 5.10 Å². The minimum absolute atomic E-state index is 0.163. The Kier molecular flexibility index (Phi) is 6.54. The van der Waals surface area contributed by atoms with Gasteiger partial charge in [-0.1, -0.05) is 35.9 Å². The fourth-order valence-electron chi connectivity index (χ4n) is 3.82. The van der Waals surface area contributed by atoms with E-state index < -0.39 is 0 Å². The molecule has 0 bridgehead atoms. The van der Waals surface area contributed by atoms with Crippen molar-refractivity contribution in [3.63, 3.8) is 0 Å². The zero-order valence-electron chi connectivity index (χ0n) is 18.3. The molecule has 0 atom stereocenters. The quantitative estimate of drug-likeness (QED) is 0.367. The molecule has 2 aromatic heterocycles. The van der Waals surface area contributed by atoms with Crippen LogP contribution in [0, 0.1) is 11.3 Å². The third-order valence-corrected chi connectivity index (χ3v) is 5.74. The summed E-state index contributed by atoms with van der Waals surface area (Å²) in [5.41, 5.74) is 15.9. The molecule has 5 N–H and O–H groups in total. The molecule has 10 heteroatoms. The van der Waals surface area contributed by atoms with E-state index in [1.54, 1.807) is 36.1 Å². The number of aromatic nitrogens is 4. The summed E-state index contributed by atoms with van der Waals surface area (Å²) in [4.78, 5) is 16.6. The number of nitrogens with one attached hydrogen (secondary N) is 1. The summed E-state index contributed by atoms with van der Waals surface area (Å²) in [5, 5.41) is 21.6. The number of nitriles is 1. The molecule has 0 aliphatic heterocycles. The van der Waals surface area contributed by atoms with Crippen molar-refractivity contribution in [1.82, 2.24) is 20.0 Å². The average molecular weight is 473 g/mol. The number of hydrogen-bond acceptors (Lipinski definition) is 7. The normalized spacial score (nSPS) is 12.2. The van der Waals surface area contributed by atoms with E-state index in [0.29, 0.717) is 45.4 Å². The molecular formula is C24H21ClN8O. The van der Waals surface area contributed by atoms with E-state index in [0.717, 1.165) is 11.1 Å². The summed E-state index contributed by atoms with van der Waals surface area (Å²) in [6.45, 7) is 0.530. The van der Waals surface area contributed by atoms with Gasteiger partial charge in [-0.2, -0.15) is 15.5 Å². The van der Waals surface area contributed by atoms with Crippen LogP contribution >= 0.6 is 11.6 Å². The highest BCUT2D eigenvalue weighted by atomic mass is 35.5. The Balaban J connectivity index is 1.75. The lowest BCUT2D eigenvalue weighted by molar-refractivity contribution is 0.686. The minimum atomic E-state index is -0.302. The van der Waals surface area contributed by atoms with Crippen LogP contribution in [0.3, 0.4) is 0 Å². The van der Waals surface area contributed by atoms with Gasteiger partial charge >= 0.3 is 0 Å². The molecule has 0 amide bonds. The number of nitrogens with two attached hydrogens (primary N) is 2. The van der Waals surface area contributed by atoms with E-state index in [4.69, 9.17) is 23.1 Å². The van der Waals surface area contributed by atoms with Gasteiger partial charge < -0.3 is 11.5 Å². The van der Waals surface area contributed by atoms with Crippen molar-refractivity contribution in [2.45, 2.75) is 13.1 Å². The summed E-state index contributed by atoms with van der Waals surface area (Å²) < 4.78 is 1.66. The van der Waals surface area contributed by atoms with Crippen LogP contribution in [0.4, 0.5) is 0 Å². The lowest BCUT2D eigenvalue weighted by Crippen LogP contribution is -2.14. The second-order valence-corrected chi connectivity index (χ2v) is 7.77. The topological polar surface area (TPSA) is 152 Å². The van der Waals surface area contributed by atoms with Crippen LogP contribution in [-0.4, -0.2) is 32.7 Å². The van der Waals surface area contributed by atoms with Crippen molar-refractivity contribution in [3.8, 4) is 6.07 Å². The largest absolute Gasteiger partial charge is 0.404 e. The van der Waals surface area contributed by atoms with Crippen molar-refractivity contribution in [2.75, 3.05) is 7.05 Å². The molecule has 0 unspecified atom stereocenters. The maximum absolute atomic E-state index is 12.2. The number of rotatable bonds is 6. The third kappa shape index (κ3) is 4.20. The van der Waals surface area contributed by atoms with Crippen LogP contribution in [0.15, 0.2) is 64.6 Å².